The van der Waals surface area contributed by atoms with Gasteiger partial charge in [-0.25, -0.2) is 0 Å². The summed E-state index contributed by atoms with van der Waals surface area (Å²) in [5, 5.41) is 3.39. The monoisotopic (exact) mass is 242 g/mol. The van der Waals surface area contributed by atoms with Crippen LogP contribution in [0.15, 0.2) is 0 Å². The van der Waals surface area contributed by atoms with E-state index in [2.05, 4.69) is 19.2 Å². The van der Waals surface area contributed by atoms with Gasteiger partial charge in [-0.3, -0.25) is 4.79 Å². The molecule has 16 heavy (non-hydrogen) atoms. The second-order valence-corrected chi connectivity index (χ2v) is 7.20. The number of nitrogens with one attached hydrogen (secondary N) is 1. The lowest BCUT2D eigenvalue weighted by Crippen LogP contribution is -2.46. The highest BCUT2D eigenvalue weighted by Gasteiger charge is 2.29. The van der Waals surface area contributed by atoms with Crippen molar-refractivity contribution >= 4 is 17.7 Å². The van der Waals surface area contributed by atoms with Gasteiger partial charge in [0.15, 0.2) is 0 Å². The molecule has 0 unspecified atom stereocenters. The van der Waals surface area contributed by atoms with Crippen molar-refractivity contribution in [1.82, 2.24) is 10.2 Å². The fraction of sp³-hybridized carbons (Fsp3) is 0.917. The van der Waals surface area contributed by atoms with E-state index in [0.29, 0.717) is 18.4 Å². The first-order chi connectivity index (χ1) is 7.57. The van der Waals surface area contributed by atoms with Crippen LogP contribution in [0, 0.1) is 0 Å². The Morgan fingerprint density at radius 1 is 1.50 bits per heavy atom. The third-order valence-corrected chi connectivity index (χ3v) is 4.42. The minimum atomic E-state index is 0.234. The number of hydrogen-bond acceptors (Lipinski definition) is 3. The van der Waals surface area contributed by atoms with Crippen LogP contribution in [0.4, 0.5) is 0 Å². The average molecular weight is 242 g/mol. The summed E-state index contributed by atoms with van der Waals surface area (Å²) in [5.74, 6) is 1.40. The maximum atomic E-state index is 12.0. The molecular formula is C12H22N2OS. The second kappa shape index (κ2) is 4.96. The van der Waals surface area contributed by atoms with Crippen molar-refractivity contribution in [2.75, 3.05) is 25.4 Å². The highest BCUT2D eigenvalue weighted by molar-refractivity contribution is 8.00. The number of thioether (sulfide) groups is 1. The van der Waals surface area contributed by atoms with E-state index in [0.717, 1.165) is 25.4 Å². The molecule has 3 nitrogen and oxygen atoms in total. The Kier molecular flexibility index (Phi) is 3.80. The number of carbonyl (C=O) groups excluding carboxylic acids is 1. The first kappa shape index (κ1) is 12.2. The summed E-state index contributed by atoms with van der Waals surface area (Å²) >= 11 is 1.97. The van der Waals surface area contributed by atoms with Gasteiger partial charge in [-0.1, -0.05) is 0 Å². The zero-order chi connectivity index (χ0) is 11.6. The lowest BCUT2D eigenvalue weighted by Gasteiger charge is -2.37. The van der Waals surface area contributed by atoms with Gasteiger partial charge in [0.05, 0.1) is 0 Å². The molecule has 0 aromatic carbocycles. The summed E-state index contributed by atoms with van der Waals surface area (Å²) in [6.07, 6.45) is 3.25. The van der Waals surface area contributed by atoms with Gasteiger partial charge in [-0.05, 0) is 26.7 Å². The van der Waals surface area contributed by atoms with E-state index in [1.54, 1.807) is 0 Å². The fourth-order valence-corrected chi connectivity index (χ4v) is 3.17. The van der Waals surface area contributed by atoms with Crippen molar-refractivity contribution in [3.63, 3.8) is 0 Å². The van der Waals surface area contributed by atoms with Crippen molar-refractivity contribution in [2.45, 2.75) is 43.9 Å². The van der Waals surface area contributed by atoms with E-state index in [-0.39, 0.29) is 4.75 Å². The largest absolute Gasteiger partial charge is 0.340 e. The highest BCUT2D eigenvalue weighted by Crippen LogP contribution is 2.29. The van der Waals surface area contributed by atoms with Gasteiger partial charge in [0.25, 0.3) is 0 Å². The van der Waals surface area contributed by atoms with Gasteiger partial charge in [0.1, 0.15) is 0 Å². The van der Waals surface area contributed by atoms with E-state index in [4.69, 9.17) is 0 Å². The fourth-order valence-electron chi connectivity index (χ4n) is 2.06. The van der Waals surface area contributed by atoms with Gasteiger partial charge in [-0.2, -0.15) is 11.8 Å². The Bertz CT molecular complexity index is 264. The second-order valence-electron chi connectivity index (χ2n) is 5.40. The molecule has 0 radical (unpaired) electrons. The van der Waals surface area contributed by atoms with E-state index in [1.807, 2.05) is 16.7 Å². The Labute approximate surface area is 102 Å². The van der Waals surface area contributed by atoms with Gasteiger partial charge >= 0.3 is 0 Å². The highest BCUT2D eigenvalue weighted by atomic mass is 32.2. The van der Waals surface area contributed by atoms with Gasteiger partial charge in [0, 0.05) is 42.6 Å². The van der Waals surface area contributed by atoms with Crippen LogP contribution in [0.3, 0.4) is 0 Å². The smallest absolute Gasteiger partial charge is 0.223 e. The van der Waals surface area contributed by atoms with Gasteiger partial charge in [-0.15, -0.1) is 0 Å². The Balaban J connectivity index is 1.70. The number of hydrogen-bond donors (Lipinski definition) is 1. The molecule has 2 aliphatic rings. The molecule has 0 atom stereocenters. The molecule has 0 spiro atoms. The maximum Gasteiger partial charge on any atom is 0.223 e. The Hall–Kier alpha value is -0.220. The maximum absolute atomic E-state index is 12.0. The summed E-state index contributed by atoms with van der Waals surface area (Å²) in [6, 6.07) is 0.709. The molecule has 1 amide bonds. The van der Waals surface area contributed by atoms with Crippen molar-refractivity contribution in [3.05, 3.63) is 0 Å². The van der Waals surface area contributed by atoms with Crippen molar-refractivity contribution in [3.8, 4) is 0 Å². The van der Waals surface area contributed by atoms with E-state index < -0.39 is 0 Å². The van der Waals surface area contributed by atoms with Crippen LogP contribution in [0.5, 0.6) is 0 Å². The van der Waals surface area contributed by atoms with Crippen molar-refractivity contribution in [1.29, 1.82) is 0 Å². The van der Waals surface area contributed by atoms with Gasteiger partial charge < -0.3 is 10.2 Å². The van der Waals surface area contributed by atoms with Crippen LogP contribution in [-0.4, -0.2) is 47.0 Å². The Morgan fingerprint density at radius 2 is 2.25 bits per heavy atom. The van der Waals surface area contributed by atoms with Crippen LogP contribution in [0.25, 0.3) is 0 Å². The minimum Gasteiger partial charge on any atom is -0.340 e. The molecule has 0 aromatic heterocycles. The summed E-state index contributed by atoms with van der Waals surface area (Å²) in [5.41, 5.74) is 0. The third-order valence-electron chi connectivity index (χ3n) is 3.13. The molecule has 92 valence electrons. The lowest BCUT2D eigenvalue weighted by atomic mass is 10.1. The molecule has 2 rings (SSSR count). The predicted octanol–water partition coefficient (Wildman–Crippen LogP) is 1.48. The molecule has 0 bridgehead atoms. The average Bonchev–Trinajstić information content (AvgIpc) is 3.00. The normalized spacial score (nSPS) is 24.5. The molecule has 2 fully saturated rings. The van der Waals surface area contributed by atoms with Crippen molar-refractivity contribution in [2.24, 2.45) is 0 Å². The molecule has 1 aliphatic carbocycles. The molecular weight excluding hydrogens is 220 g/mol. The summed E-state index contributed by atoms with van der Waals surface area (Å²) in [7, 11) is 0. The number of carbonyl (C=O) groups is 1. The number of rotatable bonds is 4. The summed E-state index contributed by atoms with van der Waals surface area (Å²) < 4.78 is 0.234. The molecule has 1 aliphatic heterocycles. The first-order valence-corrected chi connectivity index (χ1v) is 7.20. The quantitative estimate of drug-likeness (QED) is 0.810. The number of amides is 1. The molecule has 0 aromatic rings. The molecule has 1 heterocycles. The standard InChI is InChI=1S/C12H22N2OS/c1-12(2)9-14(7-8-16-12)11(15)5-6-13-10-3-4-10/h10,13H,3-9H2,1-2H3. The zero-order valence-corrected chi connectivity index (χ0v) is 11.1. The predicted molar refractivity (Wildman–Crippen MR) is 68.8 cm³/mol. The van der Waals surface area contributed by atoms with Crippen LogP contribution < -0.4 is 5.32 Å². The minimum absolute atomic E-state index is 0.234. The first-order valence-electron chi connectivity index (χ1n) is 6.22. The third kappa shape index (κ3) is 3.67. The van der Waals surface area contributed by atoms with Gasteiger partial charge in [0.2, 0.25) is 5.91 Å². The van der Waals surface area contributed by atoms with Crippen molar-refractivity contribution < 1.29 is 4.79 Å². The van der Waals surface area contributed by atoms with Crippen LogP contribution in [-0.2, 0) is 4.79 Å². The molecule has 1 saturated carbocycles. The van der Waals surface area contributed by atoms with Crippen LogP contribution in [0.1, 0.15) is 33.1 Å². The SMILES string of the molecule is CC1(C)CN(C(=O)CCNC2CC2)CCS1. The molecule has 1 N–H and O–H groups in total. The molecule has 1 saturated heterocycles. The summed E-state index contributed by atoms with van der Waals surface area (Å²) in [6.45, 7) is 7.13. The van der Waals surface area contributed by atoms with Crippen LogP contribution in [0.2, 0.25) is 0 Å². The lowest BCUT2D eigenvalue weighted by molar-refractivity contribution is -0.131. The van der Waals surface area contributed by atoms with Crippen LogP contribution >= 0.6 is 11.8 Å². The zero-order valence-electron chi connectivity index (χ0n) is 10.3. The number of nitrogens with zero attached hydrogens (tertiary/aromatic N) is 1. The van der Waals surface area contributed by atoms with E-state index in [9.17, 15) is 4.79 Å². The van der Waals surface area contributed by atoms with E-state index in [1.165, 1.54) is 12.8 Å². The topological polar surface area (TPSA) is 32.3 Å². The summed E-state index contributed by atoms with van der Waals surface area (Å²) in [4.78, 5) is 14.0. The van der Waals surface area contributed by atoms with E-state index >= 15 is 0 Å². The molecule has 4 heteroatoms. The Morgan fingerprint density at radius 3 is 2.88 bits per heavy atom.